The second kappa shape index (κ2) is 9.35. The van der Waals surface area contributed by atoms with Crippen molar-refractivity contribution >= 4 is 28.2 Å². The van der Waals surface area contributed by atoms with E-state index in [0.29, 0.717) is 22.9 Å². The highest BCUT2D eigenvalue weighted by atomic mass is 32.1. The van der Waals surface area contributed by atoms with Crippen LogP contribution in [0.15, 0.2) is 66.0 Å². The maximum Gasteiger partial charge on any atom is 0.342 e. The summed E-state index contributed by atoms with van der Waals surface area (Å²) in [4.78, 5) is 24.4. The molecule has 3 rings (SSSR count). The maximum atomic E-state index is 12.4. The lowest BCUT2D eigenvalue weighted by Gasteiger charge is -2.11. The first-order chi connectivity index (χ1) is 13.7. The van der Waals surface area contributed by atoms with Crippen LogP contribution in [-0.4, -0.2) is 18.5 Å². The van der Waals surface area contributed by atoms with Crippen molar-refractivity contribution in [3.63, 3.8) is 0 Å². The van der Waals surface area contributed by atoms with Crippen LogP contribution < -0.4 is 10.1 Å². The van der Waals surface area contributed by atoms with E-state index in [2.05, 4.69) is 5.32 Å². The van der Waals surface area contributed by atoms with E-state index in [1.54, 1.807) is 35.7 Å². The van der Waals surface area contributed by atoms with Gasteiger partial charge < -0.3 is 14.8 Å². The van der Waals surface area contributed by atoms with Crippen LogP contribution >= 0.6 is 11.3 Å². The lowest BCUT2D eigenvalue weighted by molar-refractivity contribution is -0.119. The van der Waals surface area contributed by atoms with Crippen LogP contribution in [0, 0.1) is 11.3 Å². The molecule has 0 saturated carbocycles. The molecule has 0 spiro atoms. The fourth-order valence-corrected chi connectivity index (χ4v) is 3.12. The highest BCUT2D eigenvalue weighted by molar-refractivity contribution is 7.14. The third kappa shape index (κ3) is 4.96. The molecule has 2 aromatic carbocycles. The molecule has 6 nitrogen and oxygen atoms in total. The van der Waals surface area contributed by atoms with Gasteiger partial charge in [0.2, 0.25) is 0 Å². The Morgan fingerprint density at radius 3 is 2.57 bits per heavy atom. The molecule has 3 aromatic rings. The summed E-state index contributed by atoms with van der Waals surface area (Å²) in [5, 5.41) is 13.6. The molecule has 0 bridgehead atoms. The molecule has 0 unspecified atom stereocenters. The van der Waals surface area contributed by atoms with Crippen molar-refractivity contribution in [1.29, 1.82) is 5.26 Å². The van der Waals surface area contributed by atoms with Crippen LogP contribution in [0.25, 0.3) is 0 Å². The topological polar surface area (TPSA) is 88.4 Å². The molecule has 28 heavy (non-hydrogen) atoms. The molecule has 140 valence electrons. The van der Waals surface area contributed by atoms with Crippen molar-refractivity contribution in [3.8, 4) is 11.8 Å². The predicted octanol–water partition coefficient (Wildman–Crippen LogP) is 3.99. The number of carbonyl (C=O) groups is 2. The van der Waals surface area contributed by atoms with Gasteiger partial charge >= 0.3 is 5.97 Å². The van der Waals surface area contributed by atoms with Gasteiger partial charge in [0.05, 0.1) is 5.56 Å². The van der Waals surface area contributed by atoms with E-state index in [0.717, 1.165) is 5.56 Å². The number of rotatable bonds is 7. The molecule has 0 aliphatic heterocycles. The number of anilines is 1. The Morgan fingerprint density at radius 1 is 1.04 bits per heavy atom. The molecule has 1 aromatic heterocycles. The van der Waals surface area contributed by atoms with Crippen molar-refractivity contribution in [2.24, 2.45) is 0 Å². The first kappa shape index (κ1) is 19.1. The number of hydrogen-bond donors (Lipinski definition) is 1. The second-order valence-corrected chi connectivity index (χ2v) is 6.59. The third-order valence-electron chi connectivity index (χ3n) is 3.72. The Hall–Kier alpha value is -3.63. The monoisotopic (exact) mass is 392 g/mol. The van der Waals surface area contributed by atoms with Gasteiger partial charge in [0.1, 0.15) is 29.0 Å². The number of nitrogens with zero attached hydrogens (tertiary/aromatic N) is 1. The Labute approximate surface area is 166 Å². The minimum atomic E-state index is -0.662. The number of amides is 1. The molecule has 1 N–H and O–H groups in total. The van der Waals surface area contributed by atoms with Crippen LogP contribution in [0.4, 0.5) is 5.00 Å². The van der Waals surface area contributed by atoms with Gasteiger partial charge in [-0.1, -0.05) is 42.5 Å². The first-order valence-electron chi connectivity index (χ1n) is 8.37. The molecule has 0 aliphatic rings. The molecule has 0 radical (unpaired) electrons. The summed E-state index contributed by atoms with van der Waals surface area (Å²) in [6.45, 7) is -0.157. The number of esters is 1. The quantitative estimate of drug-likeness (QED) is 0.614. The van der Waals surface area contributed by atoms with Gasteiger partial charge in [0.25, 0.3) is 5.91 Å². The van der Waals surface area contributed by atoms with Crippen molar-refractivity contribution in [1.82, 2.24) is 0 Å². The summed E-state index contributed by atoms with van der Waals surface area (Å²) in [6.07, 6.45) is 0. The Balaban J connectivity index is 1.58. The zero-order chi connectivity index (χ0) is 19.8. The van der Waals surface area contributed by atoms with Gasteiger partial charge in [-0.05, 0) is 29.1 Å². The summed E-state index contributed by atoms with van der Waals surface area (Å²) < 4.78 is 10.8. The van der Waals surface area contributed by atoms with Crippen molar-refractivity contribution in [2.45, 2.75) is 6.61 Å². The third-order valence-corrected chi connectivity index (χ3v) is 4.55. The minimum Gasteiger partial charge on any atom is -0.488 e. The molecular weight excluding hydrogens is 376 g/mol. The number of ether oxygens (including phenoxy) is 2. The molecule has 0 saturated heterocycles. The lowest BCUT2D eigenvalue weighted by atomic mass is 10.2. The molecular formula is C21H16N2O4S. The van der Waals surface area contributed by atoms with Crippen LogP contribution in [0.1, 0.15) is 21.5 Å². The van der Waals surface area contributed by atoms with E-state index in [-0.39, 0.29) is 5.56 Å². The van der Waals surface area contributed by atoms with Crippen LogP contribution in [0.5, 0.6) is 5.75 Å². The molecule has 1 heterocycles. The van der Waals surface area contributed by atoms with Gasteiger partial charge in [-0.2, -0.15) is 5.26 Å². The number of nitrogens with one attached hydrogen (secondary N) is 1. The first-order valence-corrected chi connectivity index (χ1v) is 9.25. The Morgan fingerprint density at radius 2 is 1.79 bits per heavy atom. The number of benzene rings is 2. The van der Waals surface area contributed by atoms with Crippen molar-refractivity contribution in [2.75, 3.05) is 11.9 Å². The number of nitriles is 1. The van der Waals surface area contributed by atoms with Crippen molar-refractivity contribution in [3.05, 3.63) is 82.7 Å². The standard InChI is InChI=1S/C21H16N2O4S/c22-12-16-10-11-28-20(16)23-19(24)14-27-21(25)17-8-4-5-9-18(17)26-13-15-6-2-1-3-7-15/h1-11H,13-14H2,(H,23,24). The normalized spacial score (nSPS) is 9.96. The van der Waals surface area contributed by atoms with Gasteiger partial charge in [-0.3, -0.25) is 4.79 Å². The zero-order valence-electron chi connectivity index (χ0n) is 14.8. The number of carbonyl (C=O) groups excluding carboxylic acids is 2. The fraction of sp³-hybridized carbons (Fsp3) is 0.0952. The van der Waals surface area contributed by atoms with Crippen LogP contribution in [0.3, 0.4) is 0 Å². The molecule has 1 amide bonds. The lowest BCUT2D eigenvalue weighted by Crippen LogP contribution is -2.21. The van der Waals surface area contributed by atoms with E-state index in [1.165, 1.54) is 11.3 Å². The highest BCUT2D eigenvalue weighted by Gasteiger charge is 2.16. The summed E-state index contributed by atoms with van der Waals surface area (Å²) >= 11 is 1.23. The molecule has 0 aliphatic carbocycles. The Kier molecular flexibility index (Phi) is 6.39. The van der Waals surface area contributed by atoms with Gasteiger partial charge in [-0.25, -0.2) is 4.79 Å². The van der Waals surface area contributed by atoms with E-state index in [9.17, 15) is 9.59 Å². The second-order valence-electron chi connectivity index (χ2n) is 5.67. The van der Waals surface area contributed by atoms with E-state index in [4.69, 9.17) is 14.7 Å². The van der Waals surface area contributed by atoms with Crippen molar-refractivity contribution < 1.29 is 19.1 Å². The maximum absolute atomic E-state index is 12.4. The minimum absolute atomic E-state index is 0.236. The van der Waals surface area contributed by atoms with E-state index < -0.39 is 18.5 Å². The van der Waals surface area contributed by atoms with Crippen LogP contribution in [0.2, 0.25) is 0 Å². The van der Waals surface area contributed by atoms with E-state index >= 15 is 0 Å². The summed E-state index contributed by atoms with van der Waals surface area (Å²) in [5.74, 6) is -0.803. The summed E-state index contributed by atoms with van der Waals surface area (Å²) in [5.41, 5.74) is 1.57. The van der Waals surface area contributed by atoms with Gasteiger partial charge in [0.15, 0.2) is 6.61 Å². The van der Waals surface area contributed by atoms with Gasteiger partial charge in [-0.15, -0.1) is 11.3 Å². The zero-order valence-corrected chi connectivity index (χ0v) is 15.6. The SMILES string of the molecule is N#Cc1ccsc1NC(=O)COC(=O)c1ccccc1OCc1ccccc1. The smallest absolute Gasteiger partial charge is 0.342 e. The molecule has 0 fully saturated rings. The average molecular weight is 392 g/mol. The fourth-order valence-electron chi connectivity index (χ4n) is 2.36. The Bertz CT molecular complexity index is 1010. The summed E-state index contributed by atoms with van der Waals surface area (Å²) in [7, 11) is 0. The molecule has 7 heteroatoms. The average Bonchev–Trinajstić information content (AvgIpc) is 3.18. The molecule has 0 atom stereocenters. The number of para-hydroxylation sites is 1. The number of hydrogen-bond acceptors (Lipinski definition) is 6. The number of thiophene rings is 1. The predicted molar refractivity (Wildman–Crippen MR) is 105 cm³/mol. The van der Waals surface area contributed by atoms with Gasteiger partial charge in [0, 0.05) is 0 Å². The van der Waals surface area contributed by atoms with Crippen LogP contribution in [-0.2, 0) is 16.1 Å². The highest BCUT2D eigenvalue weighted by Crippen LogP contribution is 2.22. The summed E-state index contributed by atoms with van der Waals surface area (Å²) in [6, 6.07) is 19.8. The largest absolute Gasteiger partial charge is 0.488 e. The van der Waals surface area contributed by atoms with E-state index in [1.807, 2.05) is 36.4 Å².